The summed E-state index contributed by atoms with van der Waals surface area (Å²) in [4.78, 5) is 22.0. The predicted molar refractivity (Wildman–Crippen MR) is 55.6 cm³/mol. The molecule has 0 spiro atoms. The van der Waals surface area contributed by atoms with E-state index >= 15 is 0 Å². The van der Waals surface area contributed by atoms with Crippen molar-refractivity contribution in [2.75, 3.05) is 6.54 Å². The first-order valence-corrected chi connectivity index (χ1v) is 4.75. The smallest absolute Gasteiger partial charge is 0.326 e. The number of ether oxygens (including phenoxy) is 1. The number of carbonyl (C=O) groups is 2. The molecule has 0 aliphatic heterocycles. The number of hydrogen-bond donors (Lipinski definition) is 2. The first kappa shape index (κ1) is 13.9. The Morgan fingerprint density at radius 3 is 2.00 bits per heavy atom. The topological polar surface area (TPSA) is 75.6 Å². The molecule has 0 atom stereocenters. The van der Waals surface area contributed by atoms with E-state index in [1.807, 2.05) is 0 Å². The van der Waals surface area contributed by atoms with E-state index in [1.165, 1.54) is 0 Å². The van der Waals surface area contributed by atoms with E-state index in [0.717, 1.165) is 0 Å². The maximum Gasteiger partial charge on any atom is 0.326 e. The average molecular weight is 217 g/mol. The standard InChI is InChI=1S/C10H19NO4/c1-9(2,3)15-8(14)10(4,5)11-6-7(12)13/h11H,6H2,1-5H3,(H,12,13). The van der Waals surface area contributed by atoms with Gasteiger partial charge in [-0.2, -0.15) is 0 Å². The van der Waals surface area contributed by atoms with Crippen molar-refractivity contribution in [3.05, 3.63) is 0 Å². The molecule has 5 heteroatoms. The van der Waals surface area contributed by atoms with Gasteiger partial charge in [-0.3, -0.25) is 14.9 Å². The van der Waals surface area contributed by atoms with Crippen LogP contribution in [0.5, 0.6) is 0 Å². The molecule has 0 bridgehead atoms. The second kappa shape index (κ2) is 4.61. The molecule has 2 N–H and O–H groups in total. The fourth-order valence-electron chi connectivity index (χ4n) is 0.774. The van der Waals surface area contributed by atoms with Crippen molar-refractivity contribution in [2.45, 2.75) is 45.8 Å². The molecule has 0 amide bonds. The number of nitrogens with one attached hydrogen (secondary N) is 1. The molecular weight excluding hydrogens is 198 g/mol. The van der Waals surface area contributed by atoms with Crippen LogP contribution in [0.25, 0.3) is 0 Å². The molecule has 0 saturated carbocycles. The van der Waals surface area contributed by atoms with Gasteiger partial charge in [0.05, 0.1) is 6.54 Å². The molecule has 0 heterocycles. The number of carbonyl (C=O) groups excluding carboxylic acids is 1. The zero-order valence-corrected chi connectivity index (χ0v) is 9.88. The zero-order valence-electron chi connectivity index (χ0n) is 9.88. The van der Waals surface area contributed by atoms with Gasteiger partial charge in [-0.1, -0.05) is 0 Å². The van der Waals surface area contributed by atoms with E-state index in [1.54, 1.807) is 34.6 Å². The van der Waals surface area contributed by atoms with Gasteiger partial charge in [0.1, 0.15) is 11.1 Å². The van der Waals surface area contributed by atoms with E-state index in [9.17, 15) is 9.59 Å². The summed E-state index contributed by atoms with van der Waals surface area (Å²) >= 11 is 0. The van der Waals surface area contributed by atoms with Crippen LogP contribution in [0.4, 0.5) is 0 Å². The van der Waals surface area contributed by atoms with Crippen LogP contribution in [0, 0.1) is 0 Å². The summed E-state index contributed by atoms with van der Waals surface area (Å²) in [5, 5.41) is 11.1. The molecule has 0 aromatic carbocycles. The van der Waals surface area contributed by atoms with E-state index in [2.05, 4.69) is 5.32 Å². The van der Waals surface area contributed by atoms with Crippen LogP contribution < -0.4 is 5.32 Å². The number of aliphatic carboxylic acids is 1. The lowest BCUT2D eigenvalue weighted by molar-refractivity contribution is -0.161. The van der Waals surface area contributed by atoms with Crippen LogP contribution in [0.15, 0.2) is 0 Å². The molecule has 0 aromatic heterocycles. The van der Waals surface area contributed by atoms with Crippen LogP contribution in [0.2, 0.25) is 0 Å². The normalized spacial score (nSPS) is 12.3. The van der Waals surface area contributed by atoms with Gasteiger partial charge in [-0.05, 0) is 34.6 Å². The Morgan fingerprint density at radius 2 is 1.67 bits per heavy atom. The van der Waals surface area contributed by atoms with Gasteiger partial charge in [0.15, 0.2) is 0 Å². The summed E-state index contributed by atoms with van der Waals surface area (Å²) in [6, 6.07) is 0. The molecule has 15 heavy (non-hydrogen) atoms. The third kappa shape index (κ3) is 6.06. The van der Waals surface area contributed by atoms with Gasteiger partial charge >= 0.3 is 11.9 Å². The van der Waals surface area contributed by atoms with Crippen LogP contribution in [-0.4, -0.2) is 34.7 Å². The highest BCUT2D eigenvalue weighted by molar-refractivity contribution is 5.81. The van der Waals surface area contributed by atoms with Gasteiger partial charge in [-0.15, -0.1) is 0 Å². The van der Waals surface area contributed by atoms with Crippen molar-refractivity contribution >= 4 is 11.9 Å². The molecule has 0 aliphatic rings. The van der Waals surface area contributed by atoms with Crippen LogP contribution in [-0.2, 0) is 14.3 Å². The maximum absolute atomic E-state index is 11.6. The second-order valence-corrected chi connectivity index (χ2v) is 4.87. The Balaban J connectivity index is 4.32. The first-order chi connectivity index (χ1) is 6.54. The summed E-state index contributed by atoms with van der Waals surface area (Å²) < 4.78 is 5.14. The Hall–Kier alpha value is -1.10. The number of hydrogen-bond acceptors (Lipinski definition) is 4. The lowest BCUT2D eigenvalue weighted by Gasteiger charge is -2.28. The van der Waals surface area contributed by atoms with E-state index < -0.39 is 23.1 Å². The molecular formula is C10H19NO4. The minimum absolute atomic E-state index is 0.272. The summed E-state index contributed by atoms with van der Waals surface area (Å²) in [6.07, 6.45) is 0. The highest BCUT2D eigenvalue weighted by atomic mass is 16.6. The Morgan fingerprint density at radius 1 is 1.20 bits per heavy atom. The molecule has 0 radical (unpaired) electrons. The SMILES string of the molecule is CC(C)(C)OC(=O)C(C)(C)NCC(=O)O. The minimum Gasteiger partial charge on any atom is -0.480 e. The molecule has 0 saturated heterocycles. The third-order valence-electron chi connectivity index (χ3n) is 1.59. The molecule has 5 nitrogen and oxygen atoms in total. The van der Waals surface area contributed by atoms with Crippen LogP contribution in [0.3, 0.4) is 0 Å². The van der Waals surface area contributed by atoms with Gasteiger partial charge in [0, 0.05) is 0 Å². The molecule has 0 aromatic rings. The average Bonchev–Trinajstić information content (AvgIpc) is 1.97. The van der Waals surface area contributed by atoms with Crippen molar-refractivity contribution in [2.24, 2.45) is 0 Å². The van der Waals surface area contributed by atoms with Crippen molar-refractivity contribution in [1.82, 2.24) is 5.32 Å². The molecule has 0 aliphatic carbocycles. The van der Waals surface area contributed by atoms with Gasteiger partial charge < -0.3 is 9.84 Å². The maximum atomic E-state index is 11.6. The molecule has 0 rings (SSSR count). The Labute approximate surface area is 89.8 Å². The van der Waals surface area contributed by atoms with Crippen LogP contribution in [0.1, 0.15) is 34.6 Å². The van der Waals surface area contributed by atoms with E-state index in [-0.39, 0.29) is 6.54 Å². The lowest BCUT2D eigenvalue weighted by Crippen LogP contribution is -2.51. The molecule has 88 valence electrons. The quantitative estimate of drug-likeness (QED) is 0.681. The fourth-order valence-corrected chi connectivity index (χ4v) is 0.774. The Bertz CT molecular complexity index is 253. The lowest BCUT2D eigenvalue weighted by atomic mass is 10.1. The number of carboxylic acid groups (broad SMARTS) is 1. The minimum atomic E-state index is -1.01. The summed E-state index contributed by atoms with van der Waals surface area (Å²) in [6.45, 7) is 8.19. The van der Waals surface area contributed by atoms with Gasteiger partial charge in [-0.25, -0.2) is 0 Å². The predicted octanol–water partition coefficient (Wildman–Crippen LogP) is 0.781. The number of esters is 1. The Kier molecular flexibility index (Phi) is 4.27. The summed E-state index contributed by atoms with van der Waals surface area (Å²) in [5.74, 6) is -1.47. The monoisotopic (exact) mass is 217 g/mol. The van der Waals surface area contributed by atoms with Gasteiger partial charge in [0.2, 0.25) is 0 Å². The highest BCUT2D eigenvalue weighted by Crippen LogP contribution is 2.13. The van der Waals surface area contributed by atoms with Crippen molar-refractivity contribution in [1.29, 1.82) is 0 Å². The molecule has 0 unspecified atom stereocenters. The zero-order chi connectivity index (χ0) is 12.3. The van der Waals surface area contributed by atoms with Crippen LogP contribution >= 0.6 is 0 Å². The van der Waals surface area contributed by atoms with Crippen molar-refractivity contribution in [3.63, 3.8) is 0 Å². The third-order valence-corrected chi connectivity index (χ3v) is 1.59. The van der Waals surface area contributed by atoms with Crippen molar-refractivity contribution in [3.8, 4) is 0 Å². The van der Waals surface area contributed by atoms with Gasteiger partial charge in [0.25, 0.3) is 0 Å². The number of carboxylic acids is 1. The summed E-state index contributed by atoms with van der Waals surface area (Å²) in [7, 11) is 0. The highest BCUT2D eigenvalue weighted by Gasteiger charge is 2.32. The first-order valence-electron chi connectivity index (χ1n) is 4.75. The van der Waals surface area contributed by atoms with Crippen molar-refractivity contribution < 1.29 is 19.4 Å². The number of rotatable bonds is 4. The second-order valence-electron chi connectivity index (χ2n) is 4.87. The summed E-state index contributed by atoms with van der Waals surface area (Å²) in [5.41, 5.74) is -1.56. The van der Waals surface area contributed by atoms with E-state index in [0.29, 0.717) is 0 Å². The fraction of sp³-hybridized carbons (Fsp3) is 0.800. The molecule has 0 fully saturated rings. The van der Waals surface area contributed by atoms with E-state index in [4.69, 9.17) is 9.84 Å². The largest absolute Gasteiger partial charge is 0.480 e.